The van der Waals surface area contributed by atoms with E-state index in [1.54, 1.807) is 0 Å². The van der Waals surface area contributed by atoms with Gasteiger partial charge in [-0.25, -0.2) is 0 Å². The minimum absolute atomic E-state index is 0.302. The van der Waals surface area contributed by atoms with E-state index in [-0.39, 0.29) is 0 Å². The summed E-state index contributed by atoms with van der Waals surface area (Å²) in [5, 5.41) is 11.7. The molecule has 0 fully saturated rings. The fourth-order valence-corrected chi connectivity index (χ4v) is 2.68. The molecule has 0 amide bonds. The molecule has 1 aliphatic carbocycles. The summed E-state index contributed by atoms with van der Waals surface area (Å²) < 4.78 is 0. The SMILES string of the molecule is C=CC1Cc2cccc3ccc(C#N)c1c23. The molecule has 0 saturated carbocycles. The van der Waals surface area contributed by atoms with E-state index in [0.29, 0.717) is 5.92 Å². The number of benzene rings is 2. The Morgan fingerprint density at radius 3 is 2.94 bits per heavy atom. The number of hydrogen-bond acceptors (Lipinski definition) is 1. The van der Waals surface area contributed by atoms with Crippen molar-refractivity contribution < 1.29 is 0 Å². The van der Waals surface area contributed by atoms with Crippen LogP contribution < -0.4 is 0 Å². The molecule has 0 aromatic heterocycles. The number of rotatable bonds is 1. The molecule has 1 nitrogen and oxygen atoms in total. The molecule has 0 aliphatic heterocycles. The van der Waals surface area contributed by atoms with E-state index < -0.39 is 0 Å². The topological polar surface area (TPSA) is 23.8 Å². The van der Waals surface area contributed by atoms with Crippen molar-refractivity contribution in [1.82, 2.24) is 0 Å². The summed E-state index contributed by atoms with van der Waals surface area (Å²) >= 11 is 0. The minimum Gasteiger partial charge on any atom is -0.192 e. The molecule has 1 aliphatic rings. The zero-order chi connectivity index (χ0) is 11.1. The fraction of sp³-hybridized carbons (Fsp3) is 0.133. The van der Waals surface area contributed by atoms with Crippen molar-refractivity contribution in [2.45, 2.75) is 12.3 Å². The van der Waals surface area contributed by atoms with Crippen LogP contribution in [0.2, 0.25) is 0 Å². The van der Waals surface area contributed by atoms with Crippen LogP contribution in [-0.4, -0.2) is 0 Å². The molecule has 76 valence electrons. The van der Waals surface area contributed by atoms with Crippen molar-refractivity contribution in [2.24, 2.45) is 0 Å². The van der Waals surface area contributed by atoms with E-state index in [1.807, 2.05) is 18.2 Å². The van der Waals surface area contributed by atoms with Gasteiger partial charge in [-0.2, -0.15) is 5.26 Å². The second-order valence-electron chi connectivity index (χ2n) is 4.20. The normalized spacial score (nSPS) is 17.3. The lowest BCUT2D eigenvalue weighted by Gasteiger charge is -2.07. The zero-order valence-electron chi connectivity index (χ0n) is 8.90. The van der Waals surface area contributed by atoms with Gasteiger partial charge in [-0.15, -0.1) is 6.58 Å². The first-order chi connectivity index (χ1) is 7.85. The molecule has 16 heavy (non-hydrogen) atoms. The first kappa shape index (κ1) is 9.18. The van der Waals surface area contributed by atoms with Crippen LogP contribution in [0.25, 0.3) is 10.8 Å². The number of allylic oxidation sites excluding steroid dienone is 1. The second kappa shape index (κ2) is 3.21. The van der Waals surface area contributed by atoms with Gasteiger partial charge in [0.1, 0.15) is 0 Å². The van der Waals surface area contributed by atoms with Crippen molar-refractivity contribution in [1.29, 1.82) is 5.26 Å². The Balaban J connectivity index is 2.48. The average molecular weight is 205 g/mol. The smallest absolute Gasteiger partial charge is 0.0994 e. The molecule has 2 aromatic carbocycles. The second-order valence-corrected chi connectivity index (χ2v) is 4.20. The summed E-state index contributed by atoms with van der Waals surface area (Å²) in [7, 11) is 0. The highest BCUT2D eigenvalue weighted by molar-refractivity contribution is 5.93. The summed E-state index contributed by atoms with van der Waals surface area (Å²) in [6, 6.07) is 12.6. The Bertz CT molecular complexity index is 632. The van der Waals surface area contributed by atoms with Crippen molar-refractivity contribution in [3.8, 4) is 6.07 Å². The van der Waals surface area contributed by atoms with Gasteiger partial charge in [0, 0.05) is 5.92 Å². The Morgan fingerprint density at radius 2 is 2.19 bits per heavy atom. The number of nitrogens with zero attached hydrogens (tertiary/aromatic N) is 1. The van der Waals surface area contributed by atoms with Crippen LogP contribution in [0.4, 0.5) is 0 Å². The Kier molecular flexibility index (Phi) is 1.84. The summed E-state index contributed by atoms with van der Waals surface area (Å²) in [4.78, 5) is 0. The molecule has 1 heteroatoms. The van der Waals surface area contributed by atoms with Gasteiger partial charge in [-0.3, -0.25) is 0 Å². The molecule has 0 saturated heterocycles. The zero-order valence-corrected chi connectivity index (χ0v) is 8.90. The molecule has 0 spiro atoms. The highest BCUT2D eigenvalue weighted by atomic mass is 14.3. The summed E-state index contributed by atoms with van der Waals surface area (Å²) in [5.74, 6) is 0.302. The van der Waals surface area contributed by atoms with Crippen LogP contribution in [0.5, 0.6) is 0 Å². The average Bonchev–Trinajstić information content (AvgIpc) is 2.71. The molecule has 1 atom stereocenters. The molecular weight excluding hydrogens is 194 g/mol. The molecule has 2 aromatic rings. The monoisotopic (exact) mass is 205 g/mol. The Labute approximate surface area is 94.6 Å². The Morgan fingerprint density at radius 1 is 1.31 bits per heavy atom. The fourth-order valence-electron chi connectivity index (χ4n) is 2.68. The van der Waals surface area contributed by atoms with Crippen molar-refractivity contribution in [2.75, 3.05) is 0 Å². The molecule has 0 radical (unpaired) electrons. The standard InChI is InChI=1S/C15H11N/c1-2-10-8-12-5-3-4-11-6-7-13(9-16)14(10)15(11)12/h2-7,10H,1,8H2. The highest BCUT2D eigenvalue weighted by Crippen LogP contribution is 2.40. The van der Waals surface area contributed by atoms with Crippen LogP contribution in [0.3, 0.4) is 0 Å². The lowest BCUT2D eigenvalue weighted by Crippen LogP contribution is -1.94. The molecular formula is C15H11N. The first-order valence-corrected chi connectivity index (χ1v) is 5.42. The van der Waals surface area contributed by atoms with E-state index in [0.717, 1.165) is 12.0 Å². The van der Waals surface area contributed by atoms with E-state index in [4.69, 9.17) is 5.26 Å². The van der Waals surface area contributed by atoms with E-state index in [2.05, 4.69) is 30.8 Å². The predicted octanol–water partition coefficient (Wildman–Crippen LogP) is 3.54. The molecule has 1 unspecified atom stereocenters. The lowest BCUT2D eigenvalue weighted by atomic mass is 9.95. The molecule has 0 bridgehead atoms. The maximum Gasteiger partial charge on any atom is 0.0994 e. The maximum atomic E-state index is 9.16. The van der Waals surface area contributed by atoms with E-state index in [1.165, 1.54) is 21.9 Å². The van der Waals surface area contributed by atoms with Crippen LogP contribution in [0.1, 0.15) is 22.6 Å². The van der Waals surface area contributed by atoms with Gasteiger partial charge >= 0.3 is 0 Å². The molecule has 0 N–H and O–H groups in total. The Hall–Kier alpha value is -2.07. The quantitative estimate of drug-likeness (QED) is 0.653. The van der Waals surface area contributed by atoms with Crippen LogP contribution in [0.15, 0.2) is 43.0 Å². The number of hydrogen-bond donors (Lipinski definition) is 0. The van der Waals surface area contributed by atoms with Gasteiger partial charge in [0.25, 0.3) is 0 Å². The third kappa shape index (κ3) is 1.05. The van der Waals surface area contributed by atoms with E-state index >= 15 is 0 Å². The van der Waals surface area contributed by atoms with Gasteiger partial charge in [0.2, 0.25) is 0 Å². The molecule has 3 rings (SSSR count). The molecule has 0 heterocycles. The van der Waals surface area contributed by atoms with Gasteiger partial charge in [0.15, 0.2) is 0 Å². The first-order valence-electron chi connectivity index (χ1n) is 5.42. The third-order valence-electron chi connectivity index (χ3n) is 3.39. The summed E-state index contributed by atoms with van der Waals surface area (Å²) in [5.41, 5.74) is 3.31. The van der Waals surface area contributed by atoms with Gasteiger partial charge in [-0.05, 0) is 34.4 Å². The van der Waals surface area contributed by atoms with Crippen LogP contribution in [-0.2, 0) is 6.42 Å². The highest BCUT2D eigenvalue weighted by Gasteiger charge is 2.24. The predicted molar refractivity (Wildman–Crippen MR) is 65.3 cm³/mol. The number of nitriles is 1. The summed E-state index contributed by atoms with van der Waals surface area (Å²) in [6.45, 7) is 3.88. The van der Waals surface area contributed by atoms with Crippen molar-refractivity contribution >= 4 is 10.8 Å². The minimum atomic E-state index is 0.302. The summed E-state index contributed by atoms with van der Waals surface area (Å²) in [6.07, 6.45) is 2.94. The largest absolute Gasteiger partial charge is 0.192 e. The van der Waals surface area contributed by atoms with Crippen LogP contribution in [0, 0.1) is 11.3 Å². The van der Waals surface area contributed by atoms with Gasteiger partial charge < -0.3 is 0 Å². The maximum absolute atomic E-state index is 9.16. The van der Waals surface area contributed by atoms with Crippen molar-refractivity contribution in [3.63, 3.8) is 0 Å². The van der Waals surface area contributed by atoms with E-state index in [9.17, 15) is 0 Å². The third-order valence-corrected chi connectivity index (χ3v) is 3.39. The van der Waals surface area contributed by atoms with Gasteiger partial charge in [-0.1, -0.05) is 30.3 Å². The van der Waals surface area contributed by atoms with Crippen molar-refractivity contribution in [3.05, 3.63) is 59.7 Å². The lowest BCUT2D eigenvalue weighted by molar-refractivity contribution is 0.883. The van der Waals surface area contributed by atoms with Crippen LogP contribution >= 0.6 is 0 Å². The van der Waals surface area contributed by atoms with Gasteiger partial charge in [0.05, 0.1) is 11.6 Å².